The summed E-state index contributed by atoms with van der Waals surface area (Å²) in [6.45, 7) is -0.448. The first-order chi connectivity index (χ1) is 8.47. The largest absolute Gasteiger partial charge is 0.493 e. The molecule has 0 fully saturated rings. The molecule has 100 valence electrons. The molecule has 0 heterocycles. The number of nitrogens with two attached hydrogens (primary N) is 1. The molecule has 0 saturated carbocycles. The fraction of sp³-hybridized carbons (Fsp3) is 0.400. The molecule has 7 nitrogen and oxygen atoms in total. The van der Waals surface area contributed by atoms with Crippen LogP contribution in [0.25, 0.3) is 0 Å². The summed E-state index contributed by atoms with van der Waals surface area (Å²) in [5, 5.41) is 20.2. The van der Waals surface area contributed by atoms with Crippen LogP contribution in [0.2, 0.25) is 0 Å². The number of nitro groups is 1. The lowest BCUT2D eigenvalue weighted by Crippen LogP contribution is -2.18. The van der Waals surface area contributed by atoms with Gasteiger partial charge in [-0.1, -0.05) is 0 Å². The van der Waals surface area contributed by atoms with Crippen molar-refractivity contribution in [2.45, 2.75) is 6.04 Å². The zero-order valence-corrected chi connectivity index (χ0v) is 11.4. The molecular weight excluding hydrogens is 308 g/mol. The Morgan fingerprint density at radius 2 is 2.17 bits per heavy atom. The van der Waals surface area contributed by atoms with Gasteiger partial charge in [-0.05, 0) is 15.9 Å². The molecule has 0 aliphatic heterocycles. The van der Waals surface area contributed by atoms with Crippen molar-refractivity contribution in [3.63, 3.8) is 0 Å². The maximum Gasteiger partial charge on any atom is 0.292 e. The number of aliphatic hydroxyl groups is 1. The van der Waals surface area contributed by atoms with E-state index in [1.807, 2.05) is 0 Å². The van der Waals surface area contributed by atoms with Crippen molar-refractivity contribution in [3.05, 3.63) is 26.2 Å². The van der Waals surface area contributed by atoms with Crippen molar-refractivity contribution in [2.24, 2.45) is 5.73 Å². The molecule has 0 aromatic heterocycles. The molecule has 0 radical (unpaired) electrons. The molecule has 3 N–H and O–H groups in total. The normalized spacial score (nSPS) is 12.1. The van der Waals surface area contributed by atoms with Gasteiger partial charge in [0, 0.05) is 6.07 Å². The van der Waals surface area contributed by atoms with Gasteiger partial charge < -0.3 is 20.3 Å². The molecule has 0 spiro atoms. The second-order valence-corrected chi connectivity index (χ2v) is 4.26. The van der Waals surface area contributed by atoms with Crippen LogP contribution in [0.5, 0.6) is 11.5 Å². The van der Waals surface area contributed by atoms with Crippen LogP contribution in [0.1, 0.15) is 11.6 Å². The molecule has 1 aromatic rings. The first-order valence-electron chi connectivity index (χ1n) is 4.93. The minimum absolute atomic E-state index is 0.0937. The third kappa shape index (κ3) is 2.55. The highest BCUT2D eigenvalue weighted by molar-refractivity contribution is 9.10. The van der Waals surface area contributed by atoms with Gasteiger partial charge in [-0.3, -0.25) is 10.1 Å². The van der Waals surface area contributed by atoms with E-state index in [0.29, 0.717) is 5.75 Å². The smallest absolute Gasteiger partial charge is 0.292 e. The van der Waals surface area contributed by atoms with E-state index in [0.717, 1.165) is 0 Å². The Morgan fingerprint density at radius 1 is 1.56 bits per heavy atom. The third-order valence-corrected chi connectivity index (χ3v) is 2.99. The average Bonchev–Trinajstić information content (AvgIpc) is 2.35. The molecule has 8 heteroatoms. The van der Waals surface area contributed by atoms with E-state index in [1.165, 1.54) is 20.3 Å². The zero-order valence-electron chi connectivity index (χ0n) is 9.84. The maximum atomic E-state index is 11.1. The van der Waals surface area contributed by atoms with Crippen molar-refractivity contribution in [1.29, 1.82) is 0 Å². The third-order valence-electron chi connectivity index (χ3n) is 2.38. The van der Waals surface area contributed by atoms with Crippen molar-refractivity contribution < 1.29 is 19.5 Å². The van der Waals surface area contributed by atoms with Gasteiger partial charge in [-0.25, -0.2) is 0 Å². The van der Waals surface area contributed by atoms with E-state index in [-0.39, 0.29) is 21.5 Å². The second kappa shape index (κ2) is 5.98. The van der Waals surface area contributed by atoms with Crippen molar-refractivity contribution >= 4 is 21.6 Å². The fourth-order valence-electron chi connectivity index (χ4n) is 1.60. The molecule has 18 heavy (non-hydrogen) atoms. The Bertz CT molecular complexity index is 466. The van der Waals surface area contributed by atoms with Crippen LogP contribution in [0.3, 0.4) is 0 Å². The minimum atomic E-state index is -0.938. The highest BCUT2D eigenvalue weighted by Gasteiger charge is 2.30. The van der Waals surface area contributed by atoms with Crippen LogP contribution in [-0.2, 0) is 0 Å². The number of halogens is 1. The molecule has 0 aliphatic carbocycles. The van der Waals surface area contributed by atoms with Gasteiger partial charge in [0.1, 0.15) is 0 Å². The summed E-state index contributed by atoms with van der Waals surface area (Å²) >= 11 is 3.09. The van der Waals surface area contributed by atoms with Gasteiger partial charge in [0.15, 0.2) is 11.5 Å². The molecule has 0 aliphatic rings. The first-order valence-corrected chi connectivity index (χ1v) is 5.72. The van der Waals surface area contributed by atoms with Gasteiger partial charge in [-0.2, -0.15) is 0 Å². The molecule has 1 aromatic carbocycles. The van der Waals surface area contributed by atoms with E-state index in [9.17, 15) is 10.1 Å². The number of nitrogens with zero attached hydrogens (tertiary/aromatic N) is 1. The lowest BCUT2D eigenvalue weighted by molar-refractivity contribution is -0.386. The number of methoxy groups -OCH3 is 2. The van der Waals surface area contributed by atoms with E-state index < -0.39 is 17.6 Å². The molecular formula is C10H13BrN2O5. The van der Waals surface area contributed by atoms with Gasteiger partial charge in [-0.15, -0.1) is 0 Å². The summed E-state index contributed by atoms with van der Waals surface area (Å²) in [4.78, 5) is 10.5. The second-order valence-electron chi connectivity index (χ2n) is 3.40. The van der Waals surface area contributed by atoms with Crippen molar-refractivity contribution in [3.8, 4) is 11.5 Å². The Labute approximate surface area is 112 Å². The number of nitro benzene ring substituents is 1. The number of rotatable bonds is 5. The Balaban J connectivity index is 3.66. The molecule has 0 saturated heterocycles. The summed E-state index contributed by atoms with van der Waals surface area (Å²) in [5.74, 6) is 0.447. The summed E-state index contributed by atoms with van der Waals surface area (Å²) in [6, 6.07) is 0.483. The first kappa shape index (κ1) is 14.7. The van der Waals surface area contributed by atoms with Crippen LogP contribution in [0.4, 0.5) is 5.69 Å². The Hall–Kier alpha value is -1.38. The predicted molar refractivity (Wildman–Crippen MR) is 67.9 cm³/mol. The SMILES string of the molecule is COc1cc(Br)c([N+](=O)[O-])c([C@@H](N)CO)c1OC. The summed E-state index contributed by atoms with van der Waals surface area (Å²) in [5.41, 5.74) is 5.54. The van der Waals surface area contributed by atoms with E-state index in [4.69, 9.17) is 20.3 Å². The van der Waals surface area contributed by atoms with Crippen LogP contribution < -0.4 is 15.2 Å². The summed E-state index contributed by atoms with van der Waals surface area (Å²) < 4.78 is 10.4. The number of ether oxygens (including phenoxy) is 2. The van der Waals surface area contributed by atoms with Crippen molar-refractivity contribution in [2.75, 3.05) is 20.8 Å². The monoisotopic (exact) mass is 320 g/mol. The van der Waals surface area contributed by atoms with Crippen LogP contribution in [0.15, 0.2) is 10.5 Å². The Morgan fingerprint density at radius 3 is 2.56 bits per heavy atom. The summed E-state index contributed by atoms with van der Waals surface area (Å²) in [7, 11) is 2.76. The van der Waals surface area contributed by atoms with Gasteiger partial charge in [0.05, 0.1) is 41.8 Å². The van der Waals surface area contributed by atoms with E-state index in [1.54, 1.807) is 0 Å². The van der Waals surface area contributed by atoms with Gasteiger partial charge in [0.25, 0.3) is 5.69 Å². The quantitative estimate of drug-likeness (QED) is 0.626. The predicted octanol–water partition coefficient (Wildman–Crippen LogP) is 1.37. The van der Waals surface area contributed by atoms with Crippen LogP contribution in [-0.4, -0.2) is 30.9 Å². The average molecular weight is 321 g/mol. The van der Waals surface area contributed by atoms with Crippen LogP contribution >= 0.6 is 15.9 Å². The highest BCUT2D eigenvalue weighted by Crippen LogP contribution is 2.44. The van der Waals surface area contributed by atoms with E-state index in [2.05, 4.69) is 15.9 Å². The highest BCUT2D eigenvalue weighted by atomic mass is 79.9. The van der Waals surface area contributed by atoms with E-state index >= 15 is 0 Å². The Kier molecular flexibility index (Phi) is 4.88. The van der Waals surface area contributed by atoms with Crippen LogP contribution in [0, 0.1) is 10.1 Å². The number of aliphatic hydroxyl groups excluding tert-OH is 1. The maximum absolute atomic E-state index is 11.1. The number of hydrogen-bond donors (Lipinski definition) is 2. The molecule has 0 amide bonds. The molecule has 1 rings (SSSR count). The van der Waals surface area contributed by atoms with Crippen molar-refractivity contribution in [1.82, 2.24) is 0 Å². The molecule has 0 bridgehead atoms. The molecule has 1 atom stereocenters. The zero-order chi connectivity index (χ0) is 13.9. The lowest BCUT2D eigenvalue weighted by Gasteiger charge is -2.17. The topological polar surface area (TPSA) is 108 Å². The minimum Gasteiger partial charge on any atom is -0.493 e. The summed E-state index contributed by atoms with van der Waals surface area (Å²) in [6.07, 6.45) is 0. The standard InChI is InChI=1S/C10H13BrN2O5/c1-17-7-3-5(11)9(13(15)16)8(6(12)4-14)10(7)18-2/h3,6,14H,4,12H2,1-2H3/t6-/m0/s1. The lowest BCUT2D eigenvalue weighted by atomic mass is 10.0. The number of benzene rings is 1. The van der Waals surface area contributed by atoms with Gasteiger partial charge in [0.2, 0.25) is 0 Å². The fourth-order valence-corrected chi connectivity index (χ4v) is 2.17. The van der Waals surface area contributed by atoms with Gasteiger partial charge >= 0.3 is 0 Å². The number of hydrogen-bond acceptors (Lipinski definition) is 6. The molecule has 0 unspecified atom stereocenters.